The van der Waals surface area contributed by atoms with Gasteiger partial charge in [0.1, 0.15) is 5.82 Å². The van der Waals surface area contributed by atoms with Gasteiger partial charge in [0, 0.05) is 31.2 Å². The molecule has 27 heavy (non-hydrogen) atoms. The molecule has 0 amide bonds. The summed E-state index contributed by atoms with van der Waals surface area (Å²) in [5.74, 6) is -0.525. The zero-order valence-electron chi connectivity index (χ0n) is 15.5. The van der Waals surface area contributed by atoms with Crippen LogP contribution < -0.4 is 5.56 Å². The van der Waals surface area contributed by atoms with E-state index in [0.29, 0.717) is 16.9 Å². The Labute approximate surface area is 154 Å². The lowest BCUT2D eigenvalue weighted by molar-refractivity contribution is -0.143. The van der Waals surface area contributed by atoms with Gasteiger partial charge in [-0.2, -0.15) is 18.4 Å². The molecule has 0 aromatic carbocycles. The standard InChI is InChI=1S/C18H20F3N5O/c1-11(9-22)5-6-13(3)26-14(7-12(2)8-18(19,20)21)24-16-15(17(26)27)23-10-25(16)4/h5-6,10,12H,7-8H2,1-4H3/b11-5+,13-6+. The molecule has 2 aromatic rings. The van der Waals surface area contributed by atoms with Crippen molar-refractivity contribution >= 4 is 16.9 Å². The smallest absolute Gasteiger partial charge is 0.318 e. The number of fused-ring (bicyclic) bond motifs is 1. The van der Waals surface area contributed by atoms with E-state index in [-0.39, 0.29) is 17.8 Å². The molecule has 0 saturated heterocycles. The Morgan fingerprint density at radius 1 is 1.37 bits per heavy atom. The highest BCUT2D eigenvalue weighted by atomic mass is 19.4. The average Bonchev–Trinajstić information content (AvgIpc) is 2.92. The zero-order chi connectivity index (χ0) is 20.4. The van der Waals surface area contributed by atoms with E-state index >= 15 is 0 Å². The van der Waals surface area contributed by atoms with Crippen molar-refractivity contribution in [2.45, 2.75) is 39.8 Å². The second-order valence-corrected chi connectivity index (χ2v) is 6.59. The van der Waals surface area contributed by atoms with E-state index in [2.05, 4.69) is 9.97 Å². The van der Waals surface area contributed by atoms with E-state index in [1.807, 2.05) is 6.07 Å². The zero-order valence-corrected chi connectivity index (χ0v) is 15.5. The van der Waals surface area contributed by atoms with Crippen LogP contribution in [0.1, 0.15) is 33.0 Å². The summed E-state index contributed by atoms with van der Waals surface area (Å²) in [6, 6.07) is 1.96. The van der Waals surface area contributed by atoms with E-state index in [1.165, 1.54) is 23.9 Å². The third kappa shape index (κ3) is 4.84. The number of halogens is 3. The fraction of sp³-hybridized carbons (Fsp3) is 0.444. The van der Waals surface area contributed by atoms with Gasteiger partial charge in [0.05, 0.1) is 12.4 Å². The number of alkyl halides is 3. The molecule has 1 atom stereocenters. The highest BCUT2D eigenvalue weighted by molar-refractivity contribution is 5.70. The number of hydrogen-bond acceptors (Lipinski definition) is 4. The molecule has 2 aromatic heterocycles. The molecular weight excluding hydrogens is 359 g/mol. The van der Waals surface area contributed by atoms with Crippen LogP contribution in [0.3, 0.4) is 0 Å². The SMILES string of the molecule is C/C(C#N)=C\C=C(/C)n1c(CC(C)CC(F)(F)F)nc2c(ncn2C)c1=O. The summed E-state index contributed by atoms with van der Waals surface area (Å²) in [5, 5.41) is 8.85. The Kier molecular flexibility index (Phi) is 5.88. The second kappa shape index (κ2) is 7.78. The number of allylic oxidation sites excluding steroid dienone is 4. The van der Waals surface area contributed by atoms with E-state index in [4.69, 9.17) is 5.26 Å². The minimum absolute atomic E-state index is 0.0258. The van der Waals surface area contributed by atoms with Gasteiger partial charge in [0.15, 0.2) is 11.2 Å². The molecule has 0 saturated carbocycles. The van der Waals surface area contributed by atoms with Crippen LogP contribution in [0.25, 0.3) is 16.9 Å². The van der Waals surface area contributed by atoms with Crippen LogP contribution in [-0.2, 0) is 13.5 Å². The van der Waals surface area contributed by atoms with Crippen molar-refractivity contribution in [3.63, 3.8) is 0 Å². The Morgan fingerprint density at radius 3 is 2.63 bits per heavy atom. The molecule has 0 spiro atoms. The highest BCUT2D eigenvalue weighted by Crippen LogP contribution is 2.26. The van der Waals surface area contributed by atoms with Crippen LogP contribution in [0.4, 0.5) is 13.2 Å². The molecule has 0 aliphatic rings. The van der Waals surface area contributed by atoms with E-state index in [1.54, 1.807) is 31.5 Å². The maximum absolute atomic E-state index is 12.9. The summed E-state index contributed by atoms with van der Waals surface area (Å²) in [6.07, 6.45) is -0.754. The summed E-state index contributed by atoms with van der Waals surface area (Å²) in [4.78, 5) is 21.3. The lowest BCUT2D eigenvalue weighted by Crippen LogP contribution is -2.26. The summed E-state index contributed by atoms with van der Waals surface area (Å²) < 4.78 is 41.0. The van der Waals surface area contributed by atoms with Gasteiger partial charge in [-0.05, 0) is 31.9 Å². The van der Waals surface area contributed by atoms with Crippen molar-refractivity contribution in [2.24, 2.45) is 13.0 Å². The molecule has 0 bridgehead atoms. The molecule has 1 unspecified atom stereocenters. The van der Waals surface area contributed by atoms with Gasteiger partial charge >= 0.3 is 6.18 Å². The van der Waals surface area contributed by atoms with Gasteiger partial charge in [0.2, 0.25) is 0 Å². The number of aromatic nitrogens is 4. The molecule has 6 nitrogen and oxygen atoms in total. The second-order valence-electron chi connectivity index (χ2n) is 6.59. The van der Waals surface area contributed by atoms with Gasteiger partial charge in [0.25, 0.3) is 5.56 Å². The van der Waals surface area contributed by atoms with Crippen LogP contribution in [-0.4, -0.2) is 25.3 Å². The largest absolute Gasteiger partial charge is 0.389 e. The lowest BCUT2D eigenvalue weighted by Gasteiger charge is -2.17. The molecule has 2 rings (SSSR count). The van der Waals surface area contributed by atoms with Crippen LogP contribution >= 0.6 is 0 Å². The number of nitrogens with zero attached hydrogens (tertiary/aromatic N) is 5. The third-order valence-corrected chi connectivity index (χ3v) is 4.02. The molecule has 2 heterocycles. The summed E-state index contributed by atoms with van der Waals surface area (Å²) in [7, 11) is 1.66. The quantitative estimate of drug-likeness (QED) is 0.588. The molecule has 144 valence electrons. The number of imidazole rings is 1. The van der Waals surface area contributed by atoms with Crippen LogP contribution in [0, 0.1) is 17.2 Å². The van der Waals surface area contributed by atoms with Crippen LogP contribution in [0.5, 0.6) is 0 Å². The Morgan fingerprint density at radius 2 is 2.04 bits per heavy atom. The van der Waals surface area contributed by atoms with Gasteiger partial charge in [-0.3, -0.25) is 9.36 Å². The number of hydrogen-bond donors (Lipinski definition) is 0. The Balaban J connectivity index is 2.61. The van der Waals surface area contributed by atoms with E-state index in [9.17, 15) is 18.0 Å². The summed E-state index contributed by atoms with van der Waals surface area (Å²) in [6.45, 7) is 4.71. The summed E-state index contributed by atoms with van der Waals surface area (Å²) in [5.41, 5.74) is 0.886. The number of aryl methyl sites for hydroxylation is 1. The number of nitriles is 1. The summed E-state index contributed by atoms with van der Waals surface area (Å²) >= 11 is 0. The van der Waals surface area contributed by atoms with E-state index < -0.39 is 24.1 Å². The molecule has 0 fully saturated rings. The van der Waals surface area contributed by atoms with Crippen molar-refractivity contribution in [1.29, 1.82) is 5.26 Å². The van der Waals surface area contributed by atoms with Crippen LogP contribution in [0.15, 0.2) is 28.8 Å². The monoisotopic (exact) mass is 379 g/mol. The molecule has 0 N–H and O–H groups in total. The van der Waals surface area contributed by atoms with Crippen molar-refractivity contribution < 1.29 is 13.2 Å². The van der Waals surface area contributed by atoms with Crippen LogP contribution in [0.2, 0.25) is 0 Å². The minimum Gasteiger partial charge on any atom is -0.318 e. The first-order valence-electron chi connectivity index (χ1n) is 8.29. The minimum atomic E-state index is -4.29. The third-order valence-electron chi connectivity index (χ3n) is 4.02. The molecule has 9 heteroatoms. The fourth-order valence-corrected chi connectivity index (χ4v) is 2.74. The van der Waals surface area contributed by atoms with Gasteiger partial charge in [-0.1, -0.05) is 6.92 Å². The first-order chi connectivity index (χ1) is 12.5. The lowest BCUT2D eigenvalue weighted by atomic mass is 10.0. The number of rotatable bonds is 5. The molecular formula is C18H20F3N5O. The van der Waals surface area contributed by atoms with Gasteiger partial charge < -0.3 is 4.57 Å². The van der Waals surface area contributed by atoms with Gasteiger partial charge in [-0.25, -0.2) is 9.97 Å². The first-order valence-corrected chi connectivity index (χ1v) is 8.29. The maximum atomic E-state index is 12.9. The Bertz CT molecular complexity index is 1000. The maximum Gasteiger partial charge on any atom is 0.389 e. The predicted molar refractivity (Wildman–Crippen MR) is 95.6 cm³/mol. The van der Waals surface area contributed by atoms with E-state index in [0.717, 1.165) is 0 Å². The average molecular weight is 379 g/mol. The molecule has 0 radical (unpaired) electrons. The van der Waals surface area contributed by atoms with Crippen molar-refractivity contribution in [1.82, 2.24) is 19.1 Å². The Hall–Kier alpha value is -2.89. The van der Waals surface area contributed by atoms with Crippen molar-refractivity contribution in [3.05, 3.63) is 40.2 Å². The molecule has 0 aliphatic heterocycles. The normalized spacial score (nSPS) is 14.4. The first kappa shape index (κ1) is 20.4. The fourth-order valence-electron chi connectivity index (χ4n) is 2.74. The molecule has 0 aliphatic carbocycles. The van der Waals surface area contributed by atoms with Crippen molar-refractivity contribution in [3.8, 4) is 6.07 Å². The topological polar surface area (TPSA) is 76.5 Å². The highest BCUT2D eigenvalue weighted by Gasteiger charge is 2.31. The van der Waals surface area contributed by atoms with Gasteiger partial charge in [-0.15, -0.1) is 0 Å². The van der Waals surface area contributed by atoms with Crippen molar-refractivity contribution in [2.75, 3.05) is 0 Å². The predicted octanol–water partition coefficient (Wildman–Crippen LogP) is 3.59.